The monoisotopic (exact) mass is 211 g/mol. The lowest BCUT2D eigenvalue weighted by molar-refractivity contribution is 0.574. The minimum Gasteiger partial charge on any atom is -0.270 e. The number of hydrogen-bond donors (Lipinski definition) is 0. The molecule has 2 rings (SSSR count). The van der Waals surface area contributed by atoms with Crippen LogP contribution in [-0.2, 0) is 10.0 Å². The SMILES string of the molecule is O=S1(=O)CCCCN1c1ccccc1. The fourth-order valence-electron chi connectivity index (χ4n) is 1.67. The highest BCUT2D eigenvalue weighted by Gasteiger charge is 2.25. The van der Waals surface area contributed by atoms with Crippen LogP contribution in [0.25, 0.3) is 0 Å². The number of rotatable bonds is 1. The first kappa shape index (κ1) is 9.52. The number of sulfonamides is 1. The highest BCUT2D eigenvalue weighted by atomic mass is 32.2. The Morgan fingerprint density at radius 1 is 1.07 bits per heavy atom. The molecule has 14 heavy (non-hydrogen) atoms. The van der Waals surface area contributed by atoms with Crippen LogP contribution in [0.15, 0.2) is 30.3 Å². The van der Waals surface area contributed by atoms with Gasteiger partial charge in [-0.05, 0) is 25.0 Å². The average Bonchev–Trinajstić information content (AvgIpc) is 2.18. The van der Waals surface area contributed by atoms with Crippen molar-refractivity contribution in [3.05, 3.63) is 30.3 Å². The van der Waals surface area contributed by atoms with Crippen molar-refractivity contribution in [3.8, 4) is 0 Å². The standard InChI is InChI=1S/C10H13NO2S/c12-14(13)9-5-4-8-11(14)10-6-2-1-3-7-10/h1-3,6-7H,4-5,8-9H2. The van der Waals surface area contributed by atoms with Crippen molar-refractivity contribution in [2.75, 3.05) is 16.6 Å². The summed E-state index contributed by atoms with van der Waals surface area (Å²) in [6, 6.07) is 9.28. The summed E-state index contributed by atoms with van der Waals surface area (Å²) < 4.78 is 24.9. The second-order valence-corrected chi connectivity index (χ2v) is 5.44. The number of anilines is 1. The first-order valence-electron chi connectivity index (χ1n) is 4.76. The molecule has 0 saturated carbocycles. The molecule has 1 aromatic rings. The first-order valence-corrected chi connectivity index (χ1v) is 6.36. The van der Waals surface area contributed by atoms with E-state index in [0.717, 1.165) is 18.5 Å². The average molecular weight is 211 g/mol. The van der Waals surface area contributed by atoms with Crippen LogP contribution in [0.1, 0.15) is 12.8 Å². The van der Waals surface area contributed by atoms with Gasteiger partial charge in [0.1, 0.15) is 0 Å². The van der Waals surface area contributed by atoms with Gasteiger partial charge in [-0.1, -0.05) is 18.2 Å². The summed E-state index contributed by atoms with van der Waals surface area (Å²) in [6.45, 7) is 0.617. The van der Waals surface area contributed by atoms with Gasteiger partial charge in [0.25, 0.3) is 0 Å². The van der Waals surface area contributed by atoms with Crippen LogP contribution in [0.2, 0.25) is 0 Å². The molecule has 0 spiro atoms. The lowest BCUT2D eigenvalue weighted by atomic mass is 10.3. The van der Waals surface area contributed by atoms with E-state index in [-0.39, 0.29) is 5.75 Å². The molecule has 0 aliphatic carbocycles. The van der Waals surface area contributed by atoms with Crippen LogP contribution in [0.3, 0.4) is 0 Å². The smallest absolute Gasteiger partial charge is 0.235 e. The predicted octanol–water partition coefficient (Wildman–Crippen LogP) is 1.62. The molecule has 1 fully saturated rings. The first-order chi connectivity index (χ1) is 6.70. The summed E-state index contributed by atoms with van der Waals surface area (Å²) in [5.74, 6) is 0.280. The van der Waals surface area contributed by atoms with Gasteiger partial charge < -0.3 is 0 Å². The number of nitrogens with zero attached hydrogens (tertiary/aromatic N) is 1. The second-order valence-electron chi connectivity index (χ2n) is 3.43. The highest BCUT2D eigenvalue weighted by Crippen LogP contribution is 2.22. The van der Waals surface area contributed by atoms with Crippen molar-refractivity contribution in [1.29, 1.82) is 0 Å². The molecular weight excluding hydrogens is 198 g/mol. The Labute approximate surface area is 84.4 Å². The van der Waals surface area contributed by atoms with Crippen LogP contribution >= 0.6 is 0 Å². The minimum atomic E-state index is -3.04. The molecule has 0 aromatic heterocycles. The summed E-state index contributed by atoms with van der Waals surface area (Å²) in [4.78, 5) is 0. The normalized spacial score (nSPS) is 20.7. The van der Waals surface area contributed by atoms with Gasteiger partial charge in [0.2, 0.25) is 10.0 Å². The van der Waals surface area contributed by atoms with Crippen molar-refractivity contribution < 1.29 is 8.42 Å². The summed E-state index contributed by atoms with van der Waals surface area (Å²) in [5, 5.41) is 0. The largest absolute Gasteiger partial charge is 0.270 e. The van der Waals surface area contributed by atoms with Gasteiger partial charge in [-0.2, -0.15) is 0 Å². The zero-order valence-electron chi connectivity index (χ0n) is 7.89. The van der Waals surface area contributed by atoms with Gasteiger partial charge in [-0.3, -0.25) is 4.31 Å². The third-order valence-corrected chi connectivity index (χ3v) is 4.26. The lowest BCUT2D eigenvalue weighted by Crippen LogP contribution is -2.37. The Morgan fingerprint density at radius 2 is 1.79 bits per heavy atom. The quantitative estimate of drug-likeness (QED) is 0.707. The topological polar surface area (TPSA) is 37.4 Å². The summed E-state index contributed by atoms with van der Waals surface area (Å²) in [7, 11) is -3.04. The van der Waals surface area contributed by atoms with Crippen molar-refractivity contribution in [3.63, 3.8) is 0 Å². The number of benzene rings is 1. The molecule has 3 nitrogen and oxygen atoms in total. The Balaban J connectivity index is 2.34. The molecule has 0 radical (unpaired) electrons. The van der Waals surface area contributed by atoms with Crippen LogP contribution in [-0.4, -0.2) is 20.7 Å². The Kier molecular flexibility index (Phi) is 2.46. The van der Waals surface area contributed by atoms with Crippen molar-refractivity contribution in [2.24, 2.45) is 0 Å². The molecule has 0 N–H and O–H groups in total. The highest BCUT2D eigenvalue weighted by molar-refractivity contribution is 7.92. The summed E-state index contributed by atoms with van der Waals surface area (Å²) in [6.07, 6.45) is 1.74. The molecule has 1 aromatic carbocycles. The molecule has 1 heterocycles. The Morgan fingerprint density at radius 3 is 2.43 bits per heavy atom. The second kappa shape index (κ2) is 3.61. The third-order valence-electron chi connectivity index (χ3n) is 2.39. The molecular formula is C10H13NO2S. The number of hydrogen-bond acceptors (Lipinski definition) is 2. The zero-order valence-corrected chi connectivity index (χ0v) is 8.70. The molecule has 1 aliphatic heterocycles. The molecule has 0 atom stereocenters. The maximum absolute atomic E-state index is 11.7. The van der Waals surface area contributed by atoms with Crippen LogP contribution in [0.4, 0.5) is 5.69 Å². The molecule has 0 amide bonds. The Hall–Kier alpha value is -1.03. The maximum atomic E-state index is 11.7. The molecule has 1 saturated heterocycles. The van der Waals surface area contributed by atoms with Crippen molar-refractivity contribution in [1.82, 2.24) is 0 Å². The van der Waals surface area contributed by atoms with Gasteiger partial charge in [-0.15, -0.1) is 0 Å². The third kappa shape index (κ3) is 1.75. The van der Waals surface area contributed by atoms with E-state index in [1.165, 1.54) is 4.31 Å². The Bertz CT molecular complexity index is 399. The van der Waals surface area contributed by atoms with E-state index in [1.54, 1.807) is 0 Å². The van der Waals surface area contributed by atoms with E-state index in [2.05, 4.69) is 0 Å². The minimum absolute atomic E-state index is 0.280. The van der Waals surface area contributed by atoms with E-state index in [9.17, 15) is 8.42 Å². The molecule has 4 heteroatoms. The van der Waals surface area contributed by atoms with Crippen molar-refractivity contribution >= 4 is 15.7 Å². The van der Waals surface area contributed by atoms with E-state index >= 15 is 0 Å². The van der Waals surface area contributed by atoms with Crippen LogP contribution in [0.5, 0.6) is 0 Å². The molecule has 0 bridgehead atoms. The predicted molar refractivity (Wildman–Crippen MR) is 56.8 cm³/mol. The summed E-state index contributed by atoms with van der Waals surface area (Å²) >= 11 is 0. The zero-order chi connectivity index (χ0) is 10.0. The van der Waals surface area contributed by atoms with Gasteiger partial charge in [-0.25, -0.2) is 8.42 Å². The fourth-order valence-corrected chi connectivity index (χ4v) is 3.31. The van der Waals surface area contributed by atoms with E-state index < -0.39 is 10.0 Å². The van der Waals surface area contributed by atoms with E-state index in [4.69, 9.17) is 0 Å². The van der Waals surface area contributed by atoms with Gasteiger partial charge in [0.05, 0.1) is 11.4 Å². The van der Waals surface area contributed by atoms with E-state index in [1.807, 2.05) is 30.3 Å². The molecule has 76 valence electrons. The van der Waals surface area contributed by atoms with Crippen LogP contribution in [0, 0.1) is 0 Å². The fraction of sp³-hybridized carbons (Fsp3) is 0.400. The van der Waals surface area contributed by atoms with Gasteiger partial charge >= 0.3 is 0 Å². The molecule has 0 unspecified atom stereocenters. The van der Waals surface area contributed by atoms with Gasteiger partial charge in [0, 0.05) is 6.54 Å². The maximum Gasteiger partial charge on any atom is 0.235 e. The van der Waals surface area contributed by atoms with Gasteiger partial charge in [0.15, 0.2) is 0 Å². The summed E-state index contributed by atoms with van der Waals surface area (Å²) in [5.41, 5.74) is 0.784. The molecule has 1 aliphatic rings. The number of para-hydroxylation sites is 1. The lowest BCUT2D eigenvalue weighted by Gasteiger charge is -2.28. The van der Waals surface area contributed by atoms with Crippen LogP contribution < -0.4 is 4.31 Å². The van der Waals surface area contributed by atoms with E-state index in [0.29, 0.717) is 6.54 Å². The van der Waals surface area contributed by atoms with Crippen molar-refractivity contribution in [2.45, 2.75) is 12.8 Å².